The van der Waals surface area contributed by atoms with Gasteiger partial charge in [-0.05, 0) is 42.4 Å². The molecule has 1 nitrogen and oxygen atoms in total. The van der Waals surface area contributed by atoms with Crippen molar-refractivity contribution in [2.75, 3.05) is 7.11 Å². The van der Waals surface area contributed by atoms with E-state index in [2.05, 4.69) is 45.0 Å². The predicted octanol–water partition coefficient (Wildman–Crippen LogP) is 4.29. The molecule has 16 heavy (non-hydrogen) atoms. The van der Waals surface area contributed by atoms with Crippen LogP contribution in [-0.4, -0.2) is 7.11 Å². The van der Waals surface area contributed by atoms with Crippen molar-refractivity contribution in [3.05, 3.63) is 47.2 Å². The first-order valence-corrected chi connectivity index (χ1v) is 5.94. The summed E-state index contributed by atoms with van der Waals surface area (Å²) in [6, 6.07) is 8.91. The van der Waals surface area contributed by atoms with Gasteiger partial charge in [0, 0.05) is 0 Å². The molecule has 0 N–H and O–H groups in total. The number of allylic oxidation sites excluding steroid dienone is 1. The highest BCUT2D eigenvalue weighted by Gasteiger charge is 2.02. The first kappa shape index (κ1) is 12.8. The zero-order valence-electron chi connectivity index (χ0n) is 10.8. The number of methoxy groups -OCH3 is 1. The summed E-state index contributed by atoms with van der Waals surface area (Å²) in [7, 11) is 1.69. The fraction of sp³-hybridized carbons (Fsp3) is 0.467. The zero-order valence-corrected chi connectivity index (χ0v) is 10.8. The summed E-state index contributed by atoms with van der Waals surface area (Å²) in [5.41, 5.74) is 4.02. The van der Waals surface area contributed by atoms with Gasteiger partial charge in [0.05, 0.1) is 13.4 Å². The minimum Gasteiger partial charge on any atom is -0.504 e. The van der Waals surface area contributed by atoms with Crippen LogP contribution in [0.15, 0.2) is 36.1 Å². The van der Waals surface area contributed by atoms with E-state index < -0.39 is 0 Å². The highest BCUT2D eigenvalue weighted by atomic mass is 16.5. The molecule has 88 valence electrons. The molecule has 0 bridgehead atoms. The van der Waals surface area contributed by atoms with Gasteiger partial charge in [-0.2, -0.15) is 0 Å². The van der Waals surface area contributed by atoms with Gasteiger partial charge in [0.15, 0.2) is 0 Å². The molecule has 0 spiro atoms. The molecule has 0 saturated carbocycles. The van der Waals surface area contributed by atoms with Gasteiger partial charge in [-0.1, -0.05) is 38.1 Å². The van der Waals surface area contributed by atoms with Crippen molar-refractivity contribution < 1.29 is 4.74 Å². The molecule has 0 amide bonds. The molecule has 0 aliphatic rings. The summed E-state index contributed by atoms with van der Waals surface area (Å²) in [6.07, 6.45) is 3.97. The topological polar surface area (TPSA) is 9.23 Å². The van der Waals surface area contributed by atoms with Gasteiger partial charge in [0.25, 0.3) is 0 Å². The normalized spacial score (nSPS) is 13.6. The molecule has 0 radical (unpaired) electrons. The van der Waals surface area contributed by atoms with Gasteiger partial charge in [-0.3, -0.25) is 0 Å². The van der Waals surface area contributed by atoms with Gasteiger partial charge < -0.3 is 4.74 Å². The predicted molar refractivity (Wildman–Crippen MR) is 69.6 cm³/mol. The van der Waals surface area contributed by atoms with E-state index in [-0.39, 0.29) is 0 Å². The molecular weight excluding hydrogens is 196 g/mol. The van der Waals surface area contributed by atoms with Crippen molar-refractivity contribution in [1.82, 2.24) is 0 Å². The van der Waals surface area contributed by atoms with Crippen molar-refractivity contribution in [1.29, 1.82) is 0 Å². The van der Waals surface area contributed by atoms with Crippen LogP contribution in [0.25, 0.3) is 0 Å². The maximum absolute atomic E-state index is 4.99. The molecule has 1 aromatic carbocycles. The number of rotatable bonds is 5. The zero-order chi connectivity index (χ0) is 12.0. The maximum atomic E-state index is 4.99. The summed E-state index contributed by atoms with van der Waals surface area (Å²) in [6.45, 7) is 6.58. The smallest absolute Gasteiger partial charge is 0.0817 e. The van der Waals surface area contributed by atoms with Gasteiger partial charge in [0.2, 0.25) is 0 Å². The second-order valence-corrected chi connectivity index (χ2v) is 4.43. The van der Waals surface area contributed by atoms with Crippen LogP contribution < -0.4 is 0 Å². The lowest BCUT2D eigenvalue weighted by atomic mass is 9.96. The fourth-order valence-corrected chi connectivity index (χ4v) is 1.76. The highest BCUT2D eigenvalue weighted by molar-refractivity contribution is 5.27. The van der Waals surface area contributed by atoms with Gasteiger partial charge in [-0.25, -0.2) is 0 Å². The van der Waals surface area contributed by atoms with E-state index in [4.69, 9.17) is 4.74 Å². The van der Waals surface area contributed by atoms with Crippen LogP contribution >= 0.6 is 0 Å². The molecule has 0 saturated heterocycles. The maximum Gasteiger partial charge on any atom is 0.0817 e. The third-order valence-electron chi connectivity index (χ3n) is 2.96. The molecule has 1 rings (SSSR count). The van der Waals surface area contributed by atoms with E-state index >= 15 is 0 Å². The standard InChI is InChI=1S/C15H22O/c1-5-13(3)15-8-6-14(7-9-15)10-12(2)11-16-4/h6-9,11,13H,5,10H2,1-4H3/b12-11+. The molecule has 0 aliphatic carbocycles. The van der Waals surface area contributed by atoms with Gasteiger partial charge in [-0.15, -0.1) is 0 Å². The molecule has 1 unspecified atom stereocenters. The van der Waals surface area contributed by atoms with E-state index in [1.54, 1.807) is 7.11 Å². The van der Waals surface area contributed by atoms with E-state index in [9.17, 15) is 0 Å². The average molecular weight is 218 g/mol. The Morgan fingerprint density at radius 3 is 2.44 bits per heavy atom. The lowest BCUT2D eigenvalue weighted by Crippen LogP contribution is -1.93. The quantitative estimate of drug-likeness (QED) is 0.670. The first-order valence-electron chi connectivity index (χ1n) is 5.94. The minimum atomic E-state index is 0.657. The van der Waals surface area contributed by atoms with Crippen molar-refractivity contribution >= 4 is 0 Å². The Hall–Kier alpha value is -1.24. The molecule has 0 aromatic heterocycles. The third-order valence-corrected chi connectivity index (χ3v) is 2.96. The van der Waals surface area contributed by atoms with Crippen LogP contribution in [0.3, 0.4) is 0 Å². The minimum absolute atomic E-state index is 0.657. The van der Waals surface area contributed by atoms with Crippen molar-refractivity contribution in [2.45, 2.75) is 39.5 Å². The summed E-state index contributed by atoms with van der Waals surface area (Å²) >= 11 is 0. The Bertz CT molecular complexity index is 335. The summed E-state index contributed by atoms with van der Waals surface area (Å²) < 4.78 is 4.99. The Balaban J connectivity index is 2.68. The van der Waals surface area contributed by atoms with Crippen molar-refractivity contribution in [3.8, 4) is 0 Å². The van der Waals surface area contributed by atoms with E-state index in [0.29, 0.717) is 5.92 Å². The number of benzene rings is 1. The lowest BCUT2D eigenvalue weighted by Gasteiger charge is -2.09. The number of hydrogen-bond acceptors (Lipinski definition) is 1. The molecule has 1 heteroatoms. The fourth-order valence-electron chi connectivity index (χ4n) is 1.76. The first-order chi connectivity index (χ1) is 7.67. The van der Waals surface area contributed by atoms with Crippen LogP contribution in [0.5, 0.6) is 0 Å². The molecular formula is C15H22O. The van der Waals surface area contributed by atoms with Crippen LogP contribution in [0, 0.1) is 0 Å². The van der Waals surface area contributed by atoms with Crippen LogP contribution in [-0.2, 0) is 11.2 Å². The van der Waals surface area contributed by atoms with Gasteiger partial charge >= 0.3 is 0 Å². The lowest BCUT2D eigenvalue weighted by molar-refractivity contribution is 0.333. The summed E-state index contributed by atoms with van der Waals surface area (Å²) in [4.78, 5) is 0. The second kappa shape index (κ2) is 6.37. The van der Waals surface area contributed by atoms with E-state index in [1.807, 2.05) is 6.26 Å². The van der Waals surface area contributed by atoms with Crippen LogP contribution in [0.4, 0.5) is 0 Å². The van der Waals surface area contributed by atoms with E-state index in [1.165, 1.54) is 23.1 Å². The Morgan fingerprint density at radius 2 is 1.94 bits per heavy atom. The highest BCUT2D eigenvalue weighted by Crippen LogP contribution is 2.19. The molecule has 1 atom stereocenters. The molecule has 0 heterocycles. The van der Waals surface area contributed by atoms with Crippen molar-refractivity contribution in [2.24, 2.45) is 0 Å². The third kappa shape index (κ3) is 3.73. The molecule has 0 fully saturated rings. The van der Waals surface area contributed by atoms with Crippen LogP contribution in [0.1, 0.15) is 44.2 Å². The summed E-state index contributed by atoms with van der Waals surface area (Å²) in [5.74, 6) is 0.657. The number of ether oxygens (including phenoxy) is 1. The monoisotopic (exact) mass is 218 g/mol. The molecule has 1 aromatic rings. The average Bonchev–Trinajstić information content (AvgIpc) is 2.29. The Kier molecular flexibility index (Phi) is 5.10. The Morgan fingerprint density at radius 1 is 1.31 bits per heavy atom. The second-order valence-electron chi connectivity index (χ2n) is 4.43. The number of hydrogen-bond donors (Lipinski definition) is 0. The SMILES string of the molecule is CCC(C)c1ccc(C/C(C)=C/OC)cc1. The summed E-state index contributed by atoms with van der Waals surface area (Å²) in [5, 5.41) is 0. The molecule has 0 aliphatic heterocycles. The van der Waals surface area contributed by atoms with Gasteiger partial charge in [0.1, 0.15) is 0 Å². The van der Waals surface area contributed by atoms with Crippen LogP contribution in [0.2, 0.25) is 0 Å². The Labute approximate surface area is 99.1 Å². The largest absolute Gasteiger partial charge is 0.504 e. The van der Waals surface area contributed by atoms with Crippen molar-refractivity contribution in [3.63, 3.8) is 0 Å². The van der Waals surface area contributed by atoms with E-state index in [0.717, 1.165) is 6.42 Å².